The molecule has 4 rings (SSSR count). The zero-order valence-electron chi connectivity index (χ0n) is 20.3. The van der Waals surface area contributed by atoms with Crippen molar-refractivity contribution in [3.8, 4) is 11.4 Å². The average molecular weight is 502 g/mol. The number of carbonyl (C=O) groups excluding carboxylic acids is 2. The first kappa shape index (κ1) is 25.0. The van der Waals surface area contributed by atoms with Crippen LogP contribution in [0.2, 0.25) is 0 Å². The SMILES string of the molecule is COc1ccccc1C(=O)NCc1nnc(SCC(=O)Nc2cc(C)ccc2C)n1-c1ccccc1. The Morgan fingerprint density at radius 3 is 2.50 bits per heavy atom. The third-order valence-electron chi connectivity index (χ3n) is 5.47. The van der Waals surface area contributed by atoms with Crippen molar-refractivity contribution in [2.75, 3.05) is 18.2 Å². The lowest BCUT2D eigenvalue weighted by Gasteiger charge is -2.12. The highest BCUT2D eigenvalue weighted by Crippen LogP contribution is 2.24. The summed E-state index contributed by atoms with van der Waals surface area (Å²) >= 11 is 1.28. The summed E-state index contributed by atoms with van der Waals surface area (Å²) in [5, 5.41) is 15.0. The number of anilines is 1. The lowest BCUT2D eigenvalue weighted by Crippen LogP contribution is -2.25. The van der Waals surface area contributed by atoms with Crippen LogP contribution in [0, 0.1) is 13.8 Å². The van der Waals surface area contributed by atoms with Gasteiger partial charge in [0.1, 0.15) is 5.75 Å². The molecule has 0 aliphatic carbocycles. The summed E-state index contributed by atoms with van der Waals surface area (Å²) in [5.41, 5.74) is 4.14. The van der Waals surface area contributed by atoms with Crippen molar-refractivity contribution in [2.24, 2.45) is 0 Å². The molecule has 1 aromatic heterocycles. The maximum atomic E-state index is 12.8. The van der Waals surface area contributed by atoms with Crippen LogP contribution >= 0.6 is 11.8 Å². The first-order chi connectivity index (χ1) is 17.5. The van der Waals surface area contributed by atoms with Gasteiger partial charge in [-0.15, -0.1) is 10.2 Å². The van der Waals surface area contributed by atoms with E-state index in [2.05, 4.69) is 20.8 Å². The maximum absolute atomic E-state index is 12.8. The highest BCUT2D eigenvalue weighted by atomic mass is 32.2. The molecule has 0 spiro atoms. The fourth-order valence-electron chi connectivity index (χ4n) is 3.62. The second-order valence-electron chi connectivity index (χ2n) is 8.11. The van der Waals surface area contributed by atoms with Crippen LogP contribution in [0.25, 0.3) is 5.69 Å². The second-order valence-corrected chi connectivity index (χ2v) is 9.05. The summed E-state index contributed by atoms with van der Waals surface area (Å²) in [5.74, 6) is 0.776. The van der Waals surface area contributed by atoms with E-state index in [0.717, 1.165) is 22.5 Å². The molecule has 9 heteroatoms. The van der Waals surface area contributed by atoms with E-state index in [1.807, 2.05) is 73.0 Å². The molecule has 0 atom stereocenters. The van der Waals surface area contributed by atoms with Crippen molar-refractivity contribution in [1.82, 2.24) is 20.1 Å². The fourth-order valence-corrected chi connectivity index (χ4v) is 4.39. The quantitative estimate of drug-likeness (QED) is 0.327. The number of thioether (sulfide) groups is 1. The zero-order chi connectivity index (χ0) is 25.5. The smallest absolute Gasteiger partial charge is 0.255 e. The van der Waals surface area contributed by atoms with Gasteiger partial charge in [-0.05, 0) is 55.3 Å². The number of aromatic nitrogens is 3. The summed E-state index contributed by atoms with van der Waals surface area (Å²) in [4.78, 5) is 25.5. The molecule has 0 aliphatic heterocycles. The summed E-state index contributed by atoms with van der Waals surface area (Å²) in [6.45, 7) is 4.09. The van der Waals surface area contributed by atoms with E-state index < -0.39 is 0 Å². The Balaban J connectivity index is 1.50. The minimum absolute atomic E-state index is 0.137. The largest absolute Gasteiger partial charge is 0.496 e. The van der Waals surface area contributed by atoms with Crippen molar-refractivity contribution < 1.29 is 14.3 Å². The lowest BCUT2D eigenvalue weighted by molar-refractivity contribution is -0.113. The monoisotopic (exact) mass is 501 g/mol. The molecule has 8 nitrogen and oxygen atoms in total. The van der Waals surface area contributed by atoms with Gasteiger partial charge in [0, 0.05) is 11.4 Å². The van der Waals surface area contributed by atoms with Crippen LogP contribution in [-0.2, 0) is 11.3 Å². The number of amides is 2. The van der Waals surface area contributed by atoms with E-state index in [4.69, 9.17) is 4.74 Å². The molecule has 184 valence electrons. The number of aryl methyl sites for hydroxylation is 2. The molecule has 1 heterocycles. The van der Waals surface area contributed by atoms with Crippen molar-refractivity contribution in [3.63, 3.8) is 0 Å². The number of ether oxygens (including phenoxy) is 1. The molecule has 36 heavy (non-hydrogen) atoms. The fraction of sp³-hybridized carbons (Fsp3) is 0.185. The Morgan fingerprint density at radius 1 is 0.972 bits per heavy atom. The molecular weight excluding hydrogens is 474 g/mol. The first-order valence-corrected chi connectivity index (χ1v) is 12.4. The number of rotatable bonds is 9. The van der Waals surface area contributed by atoms with Gasteiger partial charge in [0.05, 0.1) is 25.0 Å². The number of methoxy groups -OCH3 is 1. The Hall–Kier alpha value is -4.11. The Bertz CT molecular complexity index is 1370. The van der Waals surface area contributed by atoms with E-state index in [0.29, 0.717) is 22.3 Å². The van der Waals surface area contributed by atoms with Gasteiger partial charge in [-0.2, -0.15) is 0 Å². The summed E-state index contributed by atoms with van der Waals surface area (Å²) in [7, 11) is 1.53. The third-order valence-corrected chi connectivity index (χ3v) is 6.40. The van der Waals surface area contributed by atoms with E-state index in [1.54, 1.807) is 18.2 Å². The topological polar surface area (TPSA) is 98.1 Å². The average Bonchev–Trinajstić information content (AvgIpc) is 3.31. The van der Waals surface area contributed by atoms with E-state index in [1.165, 1.54) is 18.9 Å². The van der Waals surface area contributed by atoms with Crippen LogP contribution in [0.15, 0.2) is 78.0 Å². The number of carbonyl (C=O) groups is 2. The Morgan fingerprint density at radius 2 is 1.72 bits per heavy atom. The molecule has 2 amide bonds. The van der Waals surface area contributed by atoms with Gasteiger partial charge in [0.15, 0.2) is 11.0 Å². The standard InChI is InChI=1S/C27H27N5O3S/c1-18-13-14-19(2)22(15-18)29-25(33)17-36-27-31-30-24(32(27)20-9-5-4-6-10-20)16-28-26(34)21-11-7-8-12-23(21)35-3/h4-15H,16-17H2,1-3H3,(H,28,34)(H,29,33). The predicted molar refractivity (Wildman–Crippen MR) is 141 cm³/mol. The predicted octanol–water partition coefficient (Wildman–Crippen LogP) is 4.55. The van der Waals surface area contributed by atoms with Crippen molar-refractivity contribution in [1.29, 1.82) is 0 Å². The van der Waals surface area contributed by atoms with Crippen LogP contribution in [0.4, 0.5) is 5.69 Å². The molecule has 0 fully saturated rings. The van der Waals surface area contributed by atoms with Crippen LogP contribution in [0.5, 0.6) is 5.75 Å². The van der Waals surface area contributed by atoms with E-state index >= 15 is 0 Å². The van der Waals surface area contributed by atoms with Crippen LogP contribution in [-0.4, -0.2) is 39.4 Å². The molecule has 0 saturated carbocycles. The zero-order valence-corrected chi connectivity index (χ0v) is 21.1. The molecule has 0 aliphatic rings. The van der Waals surface area contributed by atoms with Gasteiger partial charge in [0.25, 0.3) is 5.91 Å². The van der Waals surface area contributed by atoms with Crippen molar-refractivity contribution in [3.05, 3.63) is 95.3 Å². The minimum atomic E-state index is -0.280. The van der Waals surface area contributed by atoms with Crippen molar-refractivity contribution in [2.45, 2.75) is 25.5 Å². The van der Waals surface area contributed by atoms with Gasteiger partial charge >= 0.3 is 0 Å². The summed E-state index contributed by atoms with van der Waals surface area (Å²) < 4.78 is 7.14. The highest BCUT2D eigenvalue weighted by molar-refractivity contribution is 7.99. The van der Waals surface area contributed by atoms with Crippen LogP contribution in [0.3, 0.4) is 0 Å². The summed E-state index contributed by atoms with van der Waals surface area (Å²) in [6.07, 6.45) is 0. The van der Waals surface area contributed by atoms with Crippen molar-refractivity contribution >= 4 is 29.3 Å². The lowest BCUT2D eigenvalue weighted by atomic mass is 10.1. The highest BCUT2D eigenvalue weighted by Gasteiger charge is 2.18. The van der Waals surface area contributed by atoms with E-state index in [-0.39, 0.29) is 24.1 Å². The summed E-state index contributed by atoms with van der Waals surface area (Å²) in [6, 6.07) is 22.6. The normalized spacial score (nSPS) is 10.6. The van der Waals surface area contributed by atoms with Gasteiger partial charge in [-0.25, -0.2) is 0 Å². The van der Waals surface area contributed by atoms with Gasteiger partial charge in [-0.3, -0.25) is 14.2 Å². The maximum Gasteiger partial charge on any atom is 0.255 e. The Kier molecular flexibility index (Phi) is 8.02. The van der Waals surface area contributed by atoms with Gasteiger partial charge in [-0.1, -0.05) is 54.2 Å². The van der Waals surface area contributed by atoms with E-state index in [9.17, 15) is 9.59 Å². The van der Waals surface area contributed by atoms with Crippen LogP contribution < -0.4 is 15.4 Å². The minimum Gasteiger partial charge on any atom is -0.496 e. The number of benzene rings is 3. The van der Waals surface area contributed by atoms with Crippen LogP contribution in [0.1, 0.15) is 27.3 Å². The molecule has 2 N–H and O–H groups in total. The molecule has 4 aromatic rings. The Labute approximate surface area is 214 Å². The second kappa shape index (κ2) is 11.5. The number of nitrogens with one attached hydrogen (secondary N) is 2. The molecule has 3 aromatic carbocycles. The number of hydrogen-bond acceptors (Lipinski definition) is 6. The molecule has 0 bridgehead atoms. The van der Waals surface area contributed by atoms with Gasteiger partial charge in [0.2, 0.25) is 5.91 Å². The number of nitrogens with zero attached hydrogens (tertiary/aromatic N) is 3. The third kappa shape index (κ3) is 5.92. The molecule has 0 unspecified atom stereocenters. The number of para-hydroxylation sites is 2. The number of hydrogen-bond donors (Lipinski definition) is 2. The van der Waals surface area contributed by atoms with Gasteiger partial charge < -0.3 is 15.4 Å². The first-order valence-electron chi connectivity index (χ1n) is 11.4. The molecule has 0 radical (unpaired) electrons. The molecule has 0 saturated heterocycles. The molecular formula is C27H27N5O3S.